The number of thiazole rings is 1. The molecule has 2 aliphatic heterocycles. The summed E-state index contributed by atoms with van der Waals surface area (Å²) in [6, 6.07) is 17.0. The molecule has 0 saturated carbocycles. The van der Waals surface area contributed by atoms with Crippen molar-refractivity contribution in [3.63, 3.8) is 0 Å². The van der Waals surface area contributed by atoms with E-state index in [0.717, 1.165) is 10.3 Å². The molecule has 9 heteroatoms. The van der Waals surface area contributed by atoms with Crippen LogP contribution in [0.5, 0.6) is 17.2 Å². The van der Waals surface area contributed by atoms with Gasteiger partial charge in [-0.15, -0.1) is 0 Å². The Labute approximate surface area is 210 Å². The Balaban J connectivity index is 1.54. The van der Waals surface area contributed by atoms with E-state index in [2.05, 4.69) is 4.98 Å². The van der Waals surface area contributed by atoms with Crippen molar-refractivity contribution >= 4 is 44.1 Å². The molecule has 2 aliphatic rings. The number of aryl methyl sites for hydroxylation is 1. The van der Waals surface area contributed by atoms with E-state index in [1.165, 1.54) is 16.2 Å². The maximum Gasteiger partial charge on any atom is 0.301 e. The van der Waals surface area contributed by atoms with Gasteiger partial charge in [0.1, 0.15) is 11.5 Å². The van der Waals surface area contributed by atoms with Crippen molar-refractivity contribution in [2.75, 3.05) is 18.8 Å². The second-order valence-electron chi connectivity index (χ2n) is 8.48. The number of aromatic nitrogens is 1. The molecule has 1 atom stereocenters. The van der Waals surface area contributed by atoms with E-state index >= 15 is 0 Å². The van der Waals surface area contributed by atoms with Gasteiger partial charge in [0, 0.05) is 5.56 Å². The number of ketones is 1. The normalized spacial score (nSPS) is 18.3. The standard InChI is InChI=1S/C27H20N2O6S/c1-14-4-3-5-15(10-14)23-22(24(30)16-6-9-19-20(11-16)35-13-34-19)25(31)26(32)29(23)27-28-18-8-7-17(33-2)12-21(18)36-27/h3-12,23,30H,13H2,1-2H3/b24-22+. The number of amides is 1. The fourth-order valence-corrected chi connectivity index (χ4v) is 5.53. The number of ether oxygens (including phenoxy) is 3. The van der Waals surface area contributed by atoms with Crippen LogP contribution in [0.25, 0.3) is 16.0 Å². The molecule has 180 valence electrons. The summed E-state index contributed by atoms with van der Waals surface area (Å²) >= 11 is 1.28. The summed E-state index contributed by atoms with van der Waals surface area (Å²) in [5.41, 5.74) is 2.66. The van der Waals surface area contributed by atoms with Gasteiger partial charge in [-0.1, -0.05) is 41.2 Å². The first-order chi connectivity index (χ1) is 17.4. The van der Waals surface area contributed by atoms with Crippen LogP contribution in [0.15, 0.2) is 66.2 Å². The second kappa shape index (κ2) is 8.39. The molecule has 1 unspecified atom stereocenters. The summed E-state index contributed by atoms with van der Waals surface area (Å²) in [4.78, 5) is 32.9. The molecule has 0 spiro atoms. The highest BCUT2D eigenvalue weighted by Gasteiger charge is 2.48. The molecule has 0 aliphatic carbocycles. The molecule has 1 N–H and O–H groups in total. The molecule has 4 aromatic rings. The fraction of sp³-hybridized carbons (Fsp3) is 0.148. The predicted molar refractivity (Wildman–Crippen MR) is 135 cm³/mol. The van der Waals surface area contributed by atoms with Crippen LogP contribution in [-0.4, -0.2) is 35.7 Å². The van der Waals surface area contributed by atoms with Crippen molar-refractivity contribution in [3.05, 3.63) is 82.9 Å². The topological polar surface area (TPSA) is 98.2 Å². The Morgan fingerprint density at radius 3 is 2.72 bits per heavy atom. The number of carbonyl (C=O) groups excluding carboxylic acids is 2. The summed E-state index contributed by atoms with van der Waals surface area (Å²) < 4.78 is 16.9. The molecule has 3 aromatic carbocycles. The Morgan fingerprint density at radius 1 is 1.08 bits per heavy atom. The Kier molecular flexibility index (Phi) is 5.15. The summed E-state index contributed by atoms with van der Waals surface area (Å²) in [6.45, 7) is 2.01. The van der Waals surface area contributed by atoms with Crippen LogP contribution in [0.2, 0.25) is 0 Å². The number of methoxy groups -OCH3 is 1. The average Bonchev–Trinajstić information content (AvgIpc) is 3.59. The first-order valence-electron chi connectivity index (χ1n) is 11.2. The lowest BCUT2D eigenvalue weighted by atomic mass is 9.94. The van der Waals surface area contributed by atoms with Gasteiger partial charge in [-0.05, 0) is 48.9 Å². The summed E-state index contributed by atoms with van der Waals surface area (Å²) in [7, 11) is 1.58. The Hall–Kier alpha value is -4.37. The SMILES string of the molecule is COc1ccc2nc(N3C(=O)C(=O)/C(=C(/O)c4ccc5c(c4)OCO5)C3c3cccc(C)c3)sc2c1. The molecule has 36 heavy (non-hydrogen) atoms. The van der Waals surface area contributed by atoms with Gasteiger partial charge in [-0.3, -0.25) is 14.5 Å². The Bertz CT molecular complexity index is 1590. The number of rotatable bonds is 4. The van der Waals surface area contributed by atoms with Crippen LogP contribution in [0, 0.1) is 6.92 Å². The molecule has 0 bridgehead atoms. The zero-order valence-electron chi connectivity index (χ0n) is 19.3. The minimum atomic E-state index is -0.863. The lowest BCUT2D eigenvalue weighted by Gasteiger charge is -2.23. The van der Waals surface area contributed by atoms with Crippen LogP contribution in [-0.2, 0) is 9.59 Å². The van der Waals surface area contributed by atoms with Crippen molar-refractivity contribution in [1.82, 2.24) is 4.98 Å². The first-order valence-corrected chi connectivity index (χ1v) is 12.0. The predicted octanol–water partition coefficient (Wildman–Crippen LogP) is 4.97. The summed E-state index contributed by atoms with van der Waals surface area (Å²) in [6.07, 6.45) is 0. The number of carbonyl (C=O) groups is 2. The highest BCUT2D eigenvalue weighted by atomic mass is 32.1. The van der Waals surface area contributed by atoms with Crippen LogP contribution < -0.4 is 19.1 Å². The van der Waals surface area contributed by atoms with E-state index in [9.17, 15) is 14.7 Å². The highest BCUT2D eigenvalue weighted by Crippen LogP contribution is 2.45. The minimum Gasteiger partial charge on any atom is -0.507 e. The lowest BCUT2D eigenvalue weighted by Crippen LogP contribution is -2.29. The lowest BCUT2D eigenvalue weighted by molar-refractivity contribution is -0.132. The maximum absolute atomic E-state index is 13.4. The molecule has 8 nitrogen and oxygen atoms in total. The first kappa shape index (κ1) is 22.1. The van der Waals surface area contributed by atoms with E-state index in [4.69, 9.17) is 14.2 Å². The number of fused-ring (bicyclic) bond motifs is 2. The number of aliphatic hydroxyl groups excluding tert-OH is 1. The number of aliphatic hydroxyl groups is 1. The Morgan fingerprint density at radius 2 is 1.92 bits per heavy atom. The van der Waals surface area contributed by atoms with Crippen molar-refractivity contribution in [2.24, 2.45) is 0 Å². The largest absolute Gasteiger partial charge is 0.507 e. The van der Waals surface area contributed by atoms with Crippen LogP contribution >= 0.6 is 11.3 Å². The summed E-state index contributed by atoms with van der Waals surface area (Å²) in [5, 5.41) is 11.7. The average molecular weight is 501 g/mol. The second-order valence-corrected chi connectivity index (χ2v) is 9.49. The van der Waals surface area contributed by atoms with Crippen molar-refractivity contribution in [3.8, 4) is 17.2 Å². The van der Waals surface area contributed by atoms with Gasteiger partial charge in [0.25, 0.3) is 5.78 Å². The van der Waals surface area contributed by atoms with Gasteiger partial charge in [0.05, 0.1) is 28.9 Å². The molecule has 6 rings (SSSR count). The van der Waals surface area contributed by atoms with Crippen LogP contribution in [0.1, 0.15) is 22.7 Å². The van der Waals surface area contributed by atoms with Gasteiger partial charge < -0.3 is 19.3 Å². The zero-order chi connectivity index (χ0) is 25.0. The van der Waals surface area contributed by atoms with Crippen molar-refractivity contribution in [2.45, 2.75) is 13.0 Å². The third-order valence-electron chi connectivity index (χ3n) is 6.24. The number of hydrogen-bond donors (Lipinski definition) is 1. The van der Waals surface area contributed by atoms with Gasteiger partial charge in [0.15, 0.2) is 16.6 Å². The number of nitrogens with zero attached hydrogens (tertiary/aromatic N) is 2. The maximum atomic E-state index is 13.4. The van der Waals surface area contributed by atoms with Gasteiger partial charge in [0.2, 0.25) is 6.79 Å². The fourth-order valence-electron chi connectivity index (χ4n) is 4.51. The summed E-state index contributed by atoms with van der Waals surface area (Å²) in [5.74, 6) is -0.155. The molecule has 3 heterocycles. The molecule has 1 aromatic heterocycles. The number of benzene rings is 3. The van der Waals surface area contributed by atoms with Gasteiger partial charge >= 0.3 is 5.91 Å². The van der Waals surface area contributed by atoms with Gasteiger partial charge in [-0.2, -0.15) is 0 Å². The molecule has 1 saturated heterocycles. The van der Waals surface area contributed by atoms with E-state index in [0.29, 0.717) is 39.0 Å². The molecule has 1 fully saturated rings. The third-order valence-corrected chi connectivity index (χ3v) is 7.26. The zero-order valence-corrected chi connectivity index (χ0v) is 20.2. The number of hydrogen-bond acceptors (Lipinski definition) is 8. The molecular weight excluding hydrogens is 480 g/mol. The minimum absolute atomic E-state index is 0.0127. The quantitative estimate of drug-likeness (QED) is 0.240. The van der Waals surface area contributed by atoms with Crippen LogP contribution in [0.4, 0.5) is 5.13 Å². The number of anilines is 1. The van der Waals surface area contributed by atoms with Crippen LogP contribution in [0.3, 0.4) is 0 Å². The third kappa shape index (κ3) is 3.47. The molecule has 0 radical (unpaired) electrons. The van der Waals surface area contributed by atoms with E-state index in [1.807, 2.05) is 37.3 Å². The van der Waals surface area contributed by atoms with E-state index < -0.39 is 17.7 Å². The highest BCUT2D eigenvalue weighted by molar-refractivity contribution is 7.22. The van der Waals surface area contributed by atoms with Crippen molar-refractivity contribution in [1.29, 1.82) is 0 Å². The van der Waals surface area contributed by atoms with Crippen molar-refractivity contribution < 1.29 is 28.9 Å². The number of Topliss-reactive ketones (excluding diaryl/α,β-unsaturated/α-hetero) is 1. The van der Waals surface area contributed by atoms with E-state index in [1.54, 1.807) is 37.4 Å². The molecule has 1 amide bonds. The monoisotopic (exact) mass is 500 g/mol. The van der Waals surface area contributed by atoms with Gasteiger partial charge in [-0.25, -0.2) is 4.98 Å². The molecular formula is C27H20N2O6S. The smallest absolute Gasteiger partial charge is 0.301 e. The van der Waals surface area contributed by atoms with E-state index in [-0.39, 0.29) is 18.1 Å².